The van der Waals surface area contributed by atoms with Gasteiger partial charge < -0.3 is 14.7 Å². The van der Waals surface area contributed by atoms with Crippen LogP contribution in [0.2, 0.25) is 0 Å². The Kier molecular flexibility index (Phi) is 6.42. The molecule has 1 amide bonds. The van der Waals surface area contributed by atoms with Gasteiger partial charge in [0.1, 0.15) is 6.61 Å². The van der Waals surface area contributed by atoms with Gasteiger partial charge in [-0.05, 0) is 33.7 Å². The molecule has 0 atom stereocenters. The number of carbonyl (C=O) groups excluding carboxylic acids is 1. The first-order chi connectivity index (χ1) is 9.40. The number of carbonyl (C=O) groups is 2. The number of aliphatic carboxylic acids is 1. The van der Waals surface area contributed by atoms with E-state index in [1.54, 1.807) is 0 Å². The molecule has 1 N–H and O–H groups in total. The maximum atomic E-state index is 11.8. The van der Waals surface area contributed by atoms with Crippen molar-refractivity contribution in [3.63, 3.8) is 0 Å². The minimum absolute atomic E-state index is 0.209. The van der Waals surface area contributed by atoms with Crippen molar-refractivity contribution in [2.75, 3.05) is 39.3 Å². The van der Waals surface area contributed by atoms with Crippen molar-refractivity contribution in [1.82, 2.24) is 9.80 Å². The summed E-state index contributed by atoms with van der Waals surface area (Å²) in [6.07, 6.45) is 1.41. The van der Waals surface area contributed by atoms with E-state index in [1.807, 2.05) is 25.7 Å². The summed E-state index contributed by atoms with van der Waals surface area (Å²) in [6.45, 7) is 9.52. The Bertz CT molecular complexity index is 336. The molecule has 20 heavy (non-hydrogen) atoms. The van der Waals surface area contributed by atoms with Crippen molar-refractivity contribution in [1.29, 1.82) is 0 Å². The predicted octanol–water partition coefficient (Wildman–Crippen LogP) is 0.811. The third kappa shape index (κ3) is 5.09. The largest absolute Gasteiger partial charge is 0.480 e. The van der Waals surface area contributed by atoms with Crippen molar-refractivity contribution in [3.05, 3.63) is 0 Å². The summed E-state index contributed by atoms with van der Waals surface area (Å²) in [5.41, 5.74) is -0.346. The van der Waals surface area contributed by atoms with Gasteiger partial charge in [-0.2, -0.15) is 0 Å². The zero-order chi connectivity index (χ0) is 15.2. The third-order valence-electron chi connectivity index (χ3n) is 3.64. The number of nitrogens with zero attached hydrogens (tertiary/aromatic N) is 2. The molecule has 0 bridgehead atoms. The molecule has 116 valence electrons. The Morgan fingerprint density at radius 3 is 2.40 bits per heavy atom. The summed E-state index contributed by atoms with van der Waals surface area (Å²) in [6, 6.07) is 0. The number of ether oxygens (including phenoxy) is 1. The first kappa shape index (κ1) is 16.9. The summed E-state index contributed by atoms with van der Waals surface area (Å²) >= 11 is 0. The van der Waals surface area contributed by atoms with Crippen molar-refractivity contribution >= 4 is 11.9 Å². The van der Waals surface area contributed by atoms with Crippen LogP contribution in [-0.2, 0) is 14.3 Å². The van der Waals surface area contributed by atoms with Gasteiger partial charge in [-0.3, -0.25) is 9.69 Å². The summed E-state index contributed by atoms with van der Waals surface area (Å²) in [5.74, 6) is -0.727. The second-order valence-electron chi connectivity index (χ2n) is 5.51. The minimum Gasteiger partial charge on any atom is -0.480 e. The lowest BCUT2D eigenvalue weighted by molar-refractivity contribution is -0.164. The van der Waals surface area contributed by atoms with Crippen LogP contribution in [0.4, 0.5) is 0 Å². The topological polar surface area (TPSA) is 70.1 Å². The standard InChI is InChI=1S/C14H26N2O4/c1-4-16(5-2)12(17)7-6-8-15-10-14(3,11-15)20-9-13(18)19/h4-11H2,1-3H3,(H,18,19). The quantitative estimate of drug-likeness (QED) is 0.679. The lowest BCUT2D eigenvalue weighted by Crippen LogP contribution is -2.61. The third-order valence-corrected chi connectivity index (χ3v) is 3.64. The molecule has 1 aliphatic heterocycles. The van der Waals surface area contributed by atoms with Crippen LogP contribution in [0.15, 0.2) is 0 Å². The van der Waals surface area contributed by atoms with Crippen LogP contribution in [0.3, 0.4) is 0 Å². The maximum Gasteiger partial charge on any atom is 0.329 e. The van der Waals surface area contributed by atoms with E-state index in [9.17, 15) is 9.59 Å². The summed E-state index contributed by atoms with van der Waals surface area (Å²) < 4.78 is 5.34. The Hall–Kier alpha value is -1.14. The minimum atomic E-state index is -0.936. The highest BCUT2D eigenvalue weighted by Crippen LogP contribution is 2.24. The van der Waals surface area contributed by atoms with Gasteiger partial charge in [-0.25, -0.2) is 4.79 Å². The smallest absolute Gasteiger partial charge is 0.329 e. The van der Waals surface area contributed by atoms with Gasteiger partial charge >= 0.3 is 5.97 Å². The molecule has 0 aromatic carbocycles. The SMILES string of the molecule is CCN(CC)C(=O)CCCN1CC(C)(OCC(=O)O)C1. The first-order valence-corrected chi connectivity index (χ1v) is 7.26. The van der Waals surface area contributed by atoms with Crippen LogP contribution in [0.25, 0.3) is 0 Å². The molecule has 0 aliphatic carbocycles. The van der Waals surface area contributed by atoms with Crippen LogP contribution in [0.5, 0.6) is 0 Å². The average molecular weight is 286 g/mol. The number of hydrogen-bond donors (Lipinski definition) is 1. The van der Waals surface area contributed by atoms with Gasteiger partial charge in [0.2, 0.25) is 5.91 Å². The number of rotatable bonds is 9. The number of carboxylic acid groups (broad SMARTS) is 1. The highest BCUT2D eigenvalue weighted by molar-refractivity contribution is 5.76. The second-order valence-corrected chi connectivity index (χ2v) is 5.51. The van der Waals surface area contributed by atoms with E-state index in [0.29, 0.717) is 6.42 Å². The second kappa shape index (κ2) is 7.59. The molecule has 0 aromatic rings. The monoisotopic (exact) mass is 286 g/mol. The van der Waals surface area contributed by atoms with E-state index in [2.05, 4.69) is 4.90 Å². The molecule has 0 saturated carbocycles. The molecular formula is C14H26N2O4. The molecule has 1 rings (SSSR count). The maximum absolute atomic E-state index is 11.8. The zero-order valence-electron chi connectivity index (χ0n) is 12.7. The average Bonchev–Trinajstić information content (AvgIpc) is 2.35. The Morgan fingerprint density at radius 2 is 1.90 bits per heavy atom. The van der Waals surface area contributed by atoms with Crippen LogP contribution < -0.4 is 0 Å². The fraction of sp³-hybridized carbons (Fsp3) is 0.857. The molecule has 6 heteroatoms. The highest BCUT2D eigenvalue weighted by atomic mass is 16.5. The molecule has 1 heterocycles. The lowest BCUT2D eigenvalue weighted by atomic mass is 9.96. The molecule has 6 nitrogen and oxygen atoms in total. The molecule has 1 aliphatic rings. The van der Waals surface area contributed by atoms with Gasteiger partial charge in [-0.15, -0.1) is 0 Å². The summed E-state index contributed by atoms with van der Waals surface area (Å²) in [5, 5.41) is 8.58. The first-order valence-electron chi connectivity index (χ1n) is 7.26. The van der Waals surface area contributed by atoms with Crippen LogP contribution in [-0.4, -0.2) is 71.7 Å². The van der Waals surface area contributed by atoms with Gasteiger partial charge in [0.25, 0.3) is 0 Å². The molecule has 1 saturated heterocycles. The summed E-state index contributed by atoms with van der Waals surface area (Å²) in [7, 11) is 0. The predicted molar refractivity (Wildman–Crippen MR) is 75.6 cm³/mol. The normalized spacial score (nSPS) is 17.6. The number of amides is 1. The van der Waals surface area contributed by atoms with E-state index in [0.717, 1.165) is 39.1 Å². The lowest BCUT2D eigenvalue weighted by Gasteiger charge is -2.47. The molecule has 1 fully saturated rings. The van der Waals surface area contributed by atoms with Crippen molar-refractivity contribution in [2.45, 2.75) is 39.2 Å². The van der Waals surface area contributed by atoms with Gasteiger partial charge in [0.05, 0.1) is 5.60 Å². The molecule has 0 spiro atoms. The van der Waals surface area contributed by atoms with Crippen molar-refractivity contribution in [3.8, 4) is 0 Å². The van der Waals surface area contributed by atoms with Crippen molar-refractivity contribution < 1.29 is 19.4 Å². The van der Waals surface area contributed by atoms with Gasteiger partial charge in [-0.1, -0.05) is 0 Å². The molecule has 0 unspecified atom stereocenters. The van der Waals surface area contributed by atoms with E-state index < -0.39 is 5.97 Å². The number of likely N-dealkylation sites (tertiary alicyclic amines) is 1. The van der Waals surface area contributed by atoms with Crippen LogP contribution in [0.1, 0.15) is 33.6 Å². The Balaban J connectivity index is 2.14. The van der Waals surface area contributed by atoms with E-state index in [4.69, 9.17) is 9.84 Å². The van der Waals surface area contributed by atoms with E-state index in [-0.39, 0.29) is 18.1 Å². The van der Waals surface area contributed by atoms with Gasteiger partial charge in [0, 0.05) is 32.6 Å². The molecular weight excluding hydrogens is 260 g/mol. The summed E-state index contributed by atoms with van der Waals surface area (Å²) in [4.78, 5) is 26.3. The molecule has 0 aromatic heterocycles. The number of hydrogen-bond acceptors (Lipinski definition) is 4. The Morgan fingerprint density at radius 1 is 1.30 bits per heavy atom. The van der Waals surface area contributed by atoms with Crippen molar-refractivity contribution in [2.24, 2.45) is 0 Å². The highest BCUT2D eigenvalue weighted by Gasteiger charge is 2.39. The van der Waals surface area contributed by atoms with Crippen LogP contribution in [0, 0.1) is 0 Å². The fourth-order valence-corrected chi connectivity index (χ4v) is 2.57. The van der Waals surface area contributed by atoms with Gasteiger partial charge in [0.15, 0.2) is 0 Å². The zero-order valence-corrected chi connectivity index (χ0v) is 12.7. The van der Waals surface area contributed by atoms with E-state index in [1.165, 1.54) is 0 Å². The fourth-order valence-electron chi connectivity index (χ4n) is 2.57. The molecule has 0 radical (unpaired) electrons. The Labute approximate surface area is 120 Å². The van der Waals surface area contributed by atoms with Crippen LogP contribution >= 0.6 is 0 Å². The number of carboxylic acids is 1. The van der Waals surface area contributed by atoms with E-state index >= 15 is 0 Å².